The quantitative estimate of drug-likeness (QED) is 0.488. The van der Waals surface area contributed by atoms with E-state index in [4.69, 9.17) is 14.2 Å². The molecule has 1 aliphatic rings. The Morgan fingerprint density at radius 3 is 2.71 bits per heavy atom. The van der Waals surface area contributed by atoms with Gasteiger partial charge in [-0.25, -0.2) is 0 Å². The standard InChI is InChI=1S/C26H30N4O5/c1-4-30(5-2)25(31)16-35-24-12-17(20-13-27-28-14-20)6-8-22(24)29-26(32)19-10-18-11-21(33-3)7-9-23(18)34-15-19/h6-9,11-14,19H,4-5,10,15-16H2,1-3H3,(H,27,28)(H,29,32). The van der Waals surface area contributed by atoms with Crippen LogP contribution in [0, 0.1) is 5.92 Å². The van der Waals surface area contributed by atoms with E-state index in [2.05, 4.69) is 15.5 Å². The summed E-state index contributed by atoms with van der Waals surface area (Å²) in [6.07, 6.45) is 4.00. The molecule has 1 atom stereocenters. The highest BCUT2D eigenvalue weighted by Gasteiger charge is 2.27. The Balaban J connectivity index is 1.52. The summed E-state index contributed by atoms with van der Waals surface area (Å²) < 4.78 is 17.0. The van der Waals surface area contributed by atoms with Crippen LogP contribution in [-0.2, 0) is 16.0 Å². The molecule has 3 aromatic rings. The van der Waals surface area contributed by atoms with Gasteiger partial charge in [0.15, 0.2) is 6.61 Å². The summed E-state index contributed by atoms with van der Waals surface area (Å²) in [6, 6.07) is 11.0. The number of aromatic nitrogens is 2. The number of benzene rings is 2. The van der Waals surface area contributed by atoms with E-state index in [1.807, 2.05) is 38.1 Å². The first-order valence-electron chi connectivity index (χ1n) is 11.7. The van der Waals surface area contributed by atoms with E-state index in [9.17, 15) is 9.59 Å². The highest BCUT2D eigenvalue weighted by Crippen LogP contribution is 2.34. The molecule has 184 valence electrons. The molecule has 1 aliphatic heterocycles. The molecule has 0 radical (unpaired) electrons. The Bertz CT molecular complexity index is 1170. The number of methoxy groups -OCH3 is 1. The zero-order valence-electron chi connectivity index (χ0n) is 20.2. The van der Waals surface area contributed by atoms with E-state index in [-0.39, 0.29) is 30.9 Å². The summed E-state index contributed by atoms with van der Waals surface area (Å²) in [5, 5.41) is 9.75. The molecule has 0 aliphatic carbocycles. The SMILES string of the molecule is CCN(CC)C(=O)COc1cc(-c2cn[nH]c2)ccc1NC(=O)C1COc2ccc(OC)cc2C1. The van der Waals surface area contributed by atoms with Gasteiger partial charge in [-0.2, -0.15) is 5.10 Å². The zero-order valence-corrected chi connectivity index (χ0v) is 20.2. The maximum atomic E-state index is 13.2. The van der Waals surface area contributed by atoms with Gasteiger partial charge in [0.25, 0.3) is 5.91 Å². The van der Waals surface area contributed by atoms with Gasteiger partial charge in [0.05, 0.1) is 24.9 Å². The van der Waals surface area contributed by atoms with Gasteiger partial charge in [-0.15, -0.1) is 0 Å². The lowest BCUT2D eigenvalue weighted by molar-refractivity contribution is -0.132. The molecular formula is C26H30N4O5. The molecule has 2 aromatic carbocycles. The molecule has 0 saturated carbocycles. The molecule has 2 N–H and O–H groups in total. The molecule has 1 aromatic heterocycles. The van der Waals surface area contributed by atoms with Crippen LogP contribution in [0.3, 0.4) is 0 Å². The van der Waals surface area contributed by atoms with E-state index in [1.165, 1.54) is 0 Å². The van der Waals surface area contributed by atoms with Crippen LogP contribution >= 0.6 is 0 Å². The van der Waals surface area contributed by atoms with Crippen LogP contribution in [0.25, 0.3) is 11.1 Å². The number of carbonyl (C=O) groups excluding carboxylic acids is 2. The third kappa shape index (κ3) is 5.56. The van der Waals surface area contributed by atoms with Crippen molar-refractivity contribution in [1.82, 2.24) is 15.1 Å². The van der Waals surface area contributed by atoms with Gasteiger partial charge in [0.1, 0.15) is 23.9 Å². The maximum Gasteiger partial charge on any atom is 0.260 e. The average molecular weight is 479 g/mol. The summed E-state index contributed by atoms with van der Waals surface area (Å²) in [5.74, 6) is 1.21. The number of nitrogens with one attached hydrogen (secondary N) is 2. The van der Waals surface area contributed by atoms with Crippen molar-refractivity contribution in [1.29, 1.82) is 0 Å². The Hall–Kier alpha value is -4.01. The number of fused-ring (bicyclic) bond motifs is 1. The number of likely N-dealkylation sites (N-methyl/N-ethyl adjacent to an activating group) is 1. The molecule has 4 rings (SSSR count). The van der Waals surface area contributed by atoms with Crippen LogP contribution in [0.5, 0.6) is 17.2 Å². The fourth-order valence-corrected chi connectivity index (χ4v) is 4.04. The smallest absolute Gasteiger partial charge is 0.260 e. The van der Waals surface area contributed by atoms with Crippen molar-refractivity contribution in [3.63, 3.8) is 0 Å². The van der Waals surface area contributed by atoms with Crippen LogP contribution in [0.1, 0.15) is 19.4 Å². The van der Waals surface area contributed by atoms with Crippen molar-refractivity contribution in [2.24, 2.45) is 5.92 Å². The van der Waals surface area contributed by atoms with E-state index in [0.717, 1.165) is 28.2 Å². The van der Waals surface area contributed by atoms with Crippen molar-refractivity contribution in [2.75, 3.05) is 38.7 Å². The number of ether oxygens (including phenoxy) is 3. The Labute approximate surface area is 204 Å². The molecule has 9 heteroatoms. The molecule has 9 nitrogen and oxygen atoms in total. The van der Waals surface area contributed by atoms with Crippen LogP contribution in [0.15, 0.2) is 48.8 Å². The van der Waals surface area contributed by atoms with Gasteiger partial charge in [-0.3, -0.25) is 14.7 Å². The second kappa shape index (κ2) is 10.9. The number of carbonyl (C=O) groups is 2. The predicted molar refractivity (Wildman–Crippen MR) is 132 cm³/mol. The summed E-state index contributed by atoms with van der Waals surface area (Å²) in [4.78, 5) is 27.4. The Morgan fingerprint density at radius 1 is 1.17 bits per heavy atom. The number of amides is 2. The molecule has 2 heterocycles. The van der Waals surface area contributed by atoms with Gasteiger partial charge >= 0.3 is 0 Å². The average Bonchev–Trinajstić information content (AvgIpc) is 3.43. The summed E-state index contributed by atoms with van der Waals surface area (Å²) in [5.41, 5.74) is 3.14. The van der Waals surface area contributed by atoms with Crippen LogP contribution in [-0.4, -0.2) is 60.3 Å². The molecular weight excluding hydrogens is 448 g/mol. The van der Waals surface area contributed by atoms with Gasteiger partial charge in [-0.1, -0.05) is 6.07 Å². The number of rotatable bonds is 9. The first-order valence-corrected chi connectivity index (χ1v) is 11.7. The van der Waals surface area contributed by atoms with E-state index >= 15 is 0 Å². The summed E-state index contributed by atoms with van der Waals surface area (Å²) in [7, 11) is 1.61. The number of H-pyrrole nitrogens is 1. The zero-order chi connectivity index (χ0) is 24.8. The van der Waals surface area contributed by atoms with Crippen LogP contribution in [0.2, 0.25) is 0 Å². The molecule has 35 heavy (non-hydrogen) atoms. The number of anilines is 1. The number of nitrogens with zero attached hydrogens (tertiary/aromatic N) is 2. The largest absolute Gasteiger partial charge is 0.497 e. The third-order valence-electron chi connectivity index (χ3n) is 6.08. The highest BCUT2D eigenvalue weighted by atomic mass is 16.5. The van der Waals surface area contributed by atoms with Crippen LogP contribution in [0.4, 0.5) is 5.69 Å². The Kier molecular flexibility index (Phi) is 7.54. The minimum Gasteiger partial charge on any atom is -0.497 e. The fourth-order valence-electron chi connectivity index (χ4n) is 4.04. The predicted octanol–water partition coefficient (Wildman–Crippen LogP) is 3.52. The monoisotopic (exact) mass is 478 g/mol. The van der Waals surface area contributed by atoms with Crippen molar-refractivity contribution in [2.45, 2.75) is 20.3 Å². The summed E-state index contributed by atoms with van der Waals surface area (Å²) >= 11 is 0. The van der Waals surface area contributed by atoms with Crippen molar-refractivity contribution in [3.05, 3.63) is 54.4 Å². The minimum absolute atomic E-state index is 0.118. The normalized spacial score (nSPS) is 14.4. The van der Waals surface area contributed by atoms with Crippen LogP contribution < -0.4 is 19.5 Å². The fraction of sp³-hybridized carbons (Fsp3) is 0.346. The second-order valence-electron chi connectivity index (χ2n) is 8.23. The first-order chi connectivity index (χ1) is 17.0. The highest BCUT2D eigenvalue weighted by molar-refractivity contribution is 5.95. The minimum atomic E-state index is -0.381. The van der Waals surface area contributed by atoms with Gasteiger partial charge in [-0.05, 0) is 61.7 Å². The van der Waals surface area contributed by atoms with Crippen molar-refractivity contribution < 1.29 is 23.8 Å². The van der Waals surface area contributed by atoms with Crippen molar-refractivity contribution in [3.8, 4) is 28.4 Å². The first kappa shape index (κ1) is 24.1. The maximum absolute atomic E-state index is 13.2. The number of hydrogen-bond donors (Lipinski definition) is 2. The lowest BCUT2D eigenvalue weighted by Gasteiger charge is -2.25. The van der Waals surface area contributed by atoms with E-state index in [1.54, 1.807) is 36.5 Å². The molecule has 0 bridgehead atoms. The molecule has 0 spiro atoms. The van der Waals surface area contributed by atoms with Gasteiger partial charge < -0.3 is 24.4 Å². The van der Waals surface area contributed by atoms with Crippen molar-refractivity contribution >= 4 is 17.5 Å². The topological polar surface area (TPSA) is 106 Å². The summed E-state index contributed by atoms with van der Waals surface area (Å²) in [6.45, 7) is 5.20. The van der Waals surface area contributed by atoms with E-state index in [0.29, 0.717) is 30.9 Å². The molecule has 0 fully saturated rings. The van der Waals surface area contributed by atoms with E-state index < -0.39 is 0 Å². The molecule has 1 unspecified atom stereocenters. The molecule has 2 amide bonds. The number of aromatic amines is 1. The second-order valence-corrected chi connectivity index (χ2v) is 8.23. The third-order valence-corrected chi connectivity index (χ3v) is 6.08. The van der Waals surface area contributed by atoms with Gasteiger partial charge in [0.2, 0.25) is 5.91 Å². The lowest BCUT2D eigenvalue weighted by Crippen LogP contribution is -2.35. The van der Waals surface area contributed by atoms with Gasteiger partial charge in [0, 0.05) is 24.8 Å². The number of hydrogen-bond acceptors (Lipinski definition) is 6. The molecule has 0 saturated heterocycles. The lowest BCUT2D eigenvalue weighted by atomic mass is 9.95. The Morgan fingerprint density at radius 2 is 2.00 bits per heavy atom.